The Morgan fingerprint density at radius 3 is 1.71 bits per heavy atom. The van der Waals surface area contributed by atoms with Crippen molar-refractivity contribution >= 4 is 60.9 Å². The van der Waals surface area contributed by atoms with E-state index >= 15 is 0 Å². The fourth-order valence-electron chi connectivity index (χ4n) is 9.43. The minimum atomic E-state index is -0.587. The lowest BCUT2D eigenvalue weighted by Gasteiger charge is -2.35. The monoisotopic (exact) mass is 743 g/mol. The van der Waals surface area contributed by atoms with Crippen molar-refractivity contribution in [3.05, 3.63) is 223 Å². The number of fused-ring (bicyclic) bond motifs is 9. The van der Waals surface area contributed by atoms with Gasteiger partial charge in [-0.1, -0.05) is 115 Å². The number of hydrogen-bond donors (Lipinski definition) is 0. The number of furan rings is 2. The molecule has 0 amide bonds. The zero-order valence-corrected chi connectivity index (χ0v) is 31.2. The third kappa shape index (κ3) is 4.71. The van der Waals surface area contributed by atoms with Gasteiger partial charge in [-0.3, -0.25) is 9.97 Å². The van der Waals surface area contributed by atoms with Crippen molar-refractivity contribution in [2.45, 2.75) is 5.41 Å². The van der Waals surface area contributed by atoms with Crippen LogP contribution in [0.2, 0.25) is 0 Å². The highest BCUT2D eigenvalue weighted by atomic mass is 16.3. The maximum atomic E-state index is 6.52. The minimum Gasteiger partial charge on any atom is -0.456 e. The van der Waals surface area contributed by atoms with Gasteiger partial charge < -0.3 is 13.7 Å². The topological polar surface area (TPSA) is 55.3 Å². The third-order valence-corrected chi connectivity index (χ3v) is 11.9. The summed E-state index contributed by atoms with van der Waals surface area (Å²) >= 11 is 0. The minimum absolute atomic E-state index is 0.587. The smallest absolute Gasteiger partial charge is 0.138 e. The highest BCUT2D eigenvalue weighted by molar-refractivity contribution is 6.08. The number of aromatic nitrogens is 2. The molecule has 0 atom stereocenters. The molecule has 0 saturated heterocycles. The van der Waals surface area contributed by atoms with Crippen molar-refractivity contribution in [3.8, 4) is 22.3 Å². The Morgan fingerprint density at radius 2 is 0.983 bits per heavy atom. The normalized spacial score (nSPS) is 13.0. The Balaban J connectivity index is 1.21. The van der Waals surface area contributed by atoms with Crippen LogP contribution in [0.15, 0.2) is 210 Å². The van der Waals surface area contributed by atoms with Crippen molar-refractivity contribution < 1.29 is 8.83 Å². The Labute approximate surface area is 334 Å². The Morgan fingerprint density at radius 1 is 0.397 bits per heavy atom. The summed E-state index contributed by atoms with van der Waals surface area (Å²) in [5.41, 5.74) is 15.2. The van der Waals surface area contributed by atoms with E-state index in [0.29, 0.717) is 0 Å². The summed E-state index contributed by atoms with van der Waals surface area (Å²) in [5, 5.41) is 3.98. The molecule has 272 valence electrons. The van der Waals surface area contributed by atoms with Gasteiger partial charge in [-0.05, 0) is 93.5 Å². The van der Waals surface area contributed by atoms with Crippen molar-refractivity contribution in [1.82, 2.24) is 9.97 Å². The van der Waals surface area contributed by atoms with Gasteiger partial charge in [0.15, 0.2) is 0 Å². The first-order chi connectivity index (χ1) is 28.8. The second kappa shape index (κ2) is 12.6. The molecule has 11 aromatic rings. The zero-order valence-electron chi connectivity index (χ0n) is 31.2. The van der Waals surface area contributed by atoms with Crippen molar-refractivity contribution in [2.75, 3.05) is 4.90 Å². The molecule has 0 N–H and O–H groups in total. The average molecular weight is 744 g/mol. The quantitative estimate of drug-likeness (QED) is 0.170. The predicted octanol–water partition coefficient (Wildman–Crippen LogP) is 13.8. The van der Waals surface area contributed by atoms with Gasteiger partial charge in [0.2, 0.25) is 0 Å². The molecule has 4 aromatic heterocycles. The van der Waals surface area contributed by atoms with Gasteiger partial charge in [0, 0.05) is 69.3 Å². The van der Waals surface area contributed by atoms with E-state index in [9.17, 15) is 0 Å². The maximum Gasteiger partial charge on any atom is 0.138 e. The Bertz CT molecular complexity index is 3310. The summed E-state index contributed by atoms with van der Waals surface area (Å²) < 4.78 is 12.8. The first kappa shape index (κ1) is 32.5. The van der Waals surface area contributed by atoms with Crippen LogP contribution in [0, 0.1) is 0 Å². The average Bonchev–Trinajstić information content (AvgIpc) is 3.95. The third-order valence-electron chi connectivity index (χ3n) is 11.9. The Kier molecular flexibility index (Phi) is 7.07. The number of hydrogen-bond acceptors (Lipinski definition) is 5. The van der Waals surface area contributed by atoms with E-state index in [1.165, 1.54) is 33.4 Å². The molecular weight excluding hydrogens is 711 g/mol. The van der Waals surface area contributed by atoms with Crippen LogP contribution in [0.5, 0.6) is 0 Å². The molecule has 5 nitrogen and oxygen atoms in total. The Hall–Kier alpha value is -7.76. The number of rotatable bonds is 6. The van der Waals surface area contributed by atoms with Gasteiger partial charge in [0.25, 0.3) is 0 Å². The molecule has 1 aliphatic carbocycles. The zero-order chi connectivity index (χ0) is 38.2. The van der Waals surface area contributed by atoms with E-state index in [1.54, 1.807) is 12.4 Å². The first-order valence-electron chi connectivity index (χ1n) is 19.5. The van der Waals surface area contributed by atoms with E-state index in [4.69, 9.17) is 8.83 Å². The summed E-state index contributed by atoms with van der Waals surface area (Å²) in [5.74, 6) is 0. The molecule has 0 bridgehead atoms. The number of benzene rings is 7. The second-order valence-corrected chi connectivity index (χ2v) is 15.0. The highest BCUT2D eigenvalue weighted by Gasteiger charge is 2.46. The van der Waals surface area contributed by atoms with E-state index < -0.39 is 5.41 Å². The molecule has 0 spiro atoms. The van der Waals surface area contributed by atoms with Crippen LogP contribution in [0.25, 0.3) is 66.1 Å². The largest absolute Gasteiger partial charge is 0.456 e. The summed E-state index contributed by atoms with van der Waals surface area (Å²) in [7, 11) is 0. The first-order valence-corrected chi connectivity index (χ1v) is 19.5. The summed E-state index contributed by atoms with van der Waals surface area (Å²) in [6.45, 7) is 0. The van der Waals surface area contributed by atoms with Gasteiger partial charge in [0.05, 0.1) is 11.1 Å². The van der Waals surface area contributed by atoms with Gasteiger partial charge in [-0.15, -0.1) is 0 Å². The molecule has 12 rings (SSSR count). The lowest BCUT2D eigenvalue weighted by molar-refractivity contribution is 0.668. The fraction of sp³-hybridized carbons (Fsp3) is 0.0189. The standard InChI is InChI=1S/C53H33N3O2/c1-4-12-34(13-5-1)41-30-42-39-18-10-11-19-46(39)53(35-14-6-2-7-15-35,36-16-8-3-9-17-36)47(42)31-48(41)56(37-21-23-49-43(28-37)45-33-55-27-25-51(45)57-49)38-20-22-40-44-32-54-26-24-50(44)58-52(40)29-38/h1-33H. The molecule has 0 saturated carbocycles. The van der Waals surface area contributed by atoms with Crippen LogP contribution in [0.4, 0.5) is 17.1 Å². The number of nitrogens with zero attached hydrogens (tertiary/aromatic N) is 3. The molecule has 0 fully saturated rings. The van der Waals surface area contributed by atoms with Crippen LogP contribution < -0.4 is 4.90 Å². The van der Waals surface area contributed by atoms with Gasteiger partial charge in [0.1, 0.15) is 22.3 Å². The molecule has 1 aliphatic rings. The number of pyridine rings is 2. The molecule has 58 heavy (non-hydrogen) atoms. The summed E-state index contributed by atoms with van der Waals surface area (Å²) in [4.78, 5) is 11.3. The SMILES string of the molecule is c1ccc(-c2cc3c(cc2N(c2ccc4c(c2)oc2ccncc24)c2ccc4oc5ccncc5c4c2)C(c2ccccc2)(c2ccccc2)c2ccccc2-3)cc1. The fourth-order valence-corrected chi connectivity index (χ4v) is 9.43. The van der Waals surface area contributed by atoms with Gasteiger partial charge >= 0.3 is 0 Å². The molecule has 0 aliphatic heterocycles. The van der Waals surface area contributed by atoms with Crippen LogP contribution in [0.3, 0.4) is 0 Å². The molecule has 5 heteroatoms. The maximum absolute atomic E-state index is 6.52. The van der Waals surface area contributed by atoms with E-state index in [0.717, 1.165) is 72.1 Å². The second-order valence-electron chi connectivity index (χ2n) is 15.0. The highest BCUT2D eigenvalue weighted by Crippen LogP contribution is 2.59. The number of anilines is 3. The van der Waals surface area contributed by atoms with Crippen molar-refractivity contribution in [2.24, 2.45) is 0 Å². The van der Waals surface area contributed by atoms with Crippen molar-refractivity contribution in [3.63, 3.8) is 0 Å². The summed E-state index contributed by atoms with van der Waals surface area (Å²) in [6.07, 6.45) is 7.32. The molecule has 4 heterocycles. The van der Waals surface area contributed by atoms with Crippen LogP contribution >= 0.6 is 0 Å². The van der Waals surface area contributed by atoms with E-state index in [2.05, 4.69) is 179 Å². The lowest BCUT2D eigenvalue weighted by atomic mass is 9.67. The molecular formula is C53H33N3O2. The van der Waals surface area contributed by atoms with Crippen LogP contribution in [0.1, 0.15) is 22.3 Å². The van der Waals surface area contributed by atoms with Crippen molar-refractivity contribution in [1.29, 1.82) is 0 Å². The predicted molar refractivity (Wildman–Crippen MR) is 234 cm³/mol. The van der Waals surface area contributed by atoms with E-state index in [-0.39, 0.29) is 0 Å². The summed E-state index contributed by atoms with van der Waals surface area (Å²) in [6, 6.07) is 63.3. The molecule has 7 aromatic carbocycles. The van der Waals surface area contributed by atoms with Gasteiger partial charge in [-0.25, -0.2) is 0 Å². The molecule has 0 unspecified atom stereocenters. The lowest BCUT2D eigenvalue weighted by Crippen LogP contribution is -2.28. The van der Waals surface area contributed by atoms with E-state index in [1.807, 2.05) is 24.5 Å². The van der Waals surface area contributed by atoms with Gasteiger partial charge in [-0.2, -0.15) is 0 Å². The van der Waals surface area contributed by atoms with Crippen LogP contribution in [-0.4, -0.2) is 9.97 Å². The molecule has 0 radical (unpaired) electrons. The van der Waals surface area contributed by atoms with Crippen LogP contribution in [-0.2, 0) is 5.41 Å².